The summed E-state index contributed by atoms with van der Waals surface area (Å²) in [7, 11) is 0. The first-order chi connectivity index (χ1) is 9.41. The van der Waals surface area contributed by atoms with Crippen molar-refractivity contribution in [3.05, 3.63) is 33.9 Å². The average molecular weight is 278 g/mol. The SMILES string of the molecule is CC1(C)CCCN(Cc2ccc([N+](=O)[O-])c(NN)c2)C1. The van der Waals surface area contributed by atoms with Crippen molar-refractivity contribution in [2.24, 2.45) is 11.3 Å². The molecule has 0 atom stereocenters. The maximum absolute atomic E-state index is 10.9. The lowest BCUT2D eigenvalue weighted by atomic mass is 9.84. The molecule has 1 aliphatic heterocycles. The molecule has 0 bridgehead atoms. The van der Waals surface area contributed by atoms with Crippen molar-refractivity contribution in [2.45, 2.75) is 33.2 Å². The van der Waals surface area contributed by atoms with Gasteiger partial charge in [-0.25, -0.2) is 0 Å². The number of nitrogens with one attached hydrogen (secondary N) is 1. The van der Waals surface area contributed by atoms with Gasteiger partial charge in [0.2, 0.25) is 0 Å². The molecule has 6 heteroatoms. The van der Waals surface area contributed by atoms with Gasteiger partial charge in [-0.2, -0.15) is 0 Å². The number of hydrazine groups is 1. The fourth-order valence-corrected chi connectivity index (χ4v) is 2.89. The number of nitro benzene ring substituents is 1. The Kier molecular flexibility index (Phi) is 4.25. The minimum atomic E-state index is -0.428. The molecule has 20 heavy (non-hydrogen) atoms. The van der Waals surface area contributed by atoms with Gasteiger partial charge in [-0.1, -0.05) is 19.9 Å². The van der Waals surface area contributed by atoms with Crippen LogP contribution < -0.4 is 11.3 Å². The highest BCUT2D eigenvalue weighted by molar-refractivity contribution is 5.62. The average Bonchev–Trinajstić information content (AvgIpc) is 2.37. The lowest BCUT2D eigenvalue weighted by Gasteiger charge is -2.38. The molecule has 0 aliphatic carbocycles. The van der Waals surface area contributed by atoms with Crippen LogP contribution in [-0.4, -0.2) is 22.9 Å². The van der Waals surface area contributed by atoms with Crippen molar-refractivity contribution in [3.8, 4) is 0 Å². The Morgan fingerprint density at radius 1 is 1.50 bits per heavy atom. The number of nitrogen functional groups attached to an aromatic ring is 1. The Morgan fingerprint density at radius 3 is 2.85 bits per heavy atom. The molecule has 0 spiro atoms. The van der Waals surface area contributed by atoms with E-state index in [1.165, 1.54) is 18.9 Å². The van der Waals surface area contributed by atoms with Gasteiger partial charge >= 0.3 is 0 Å². The largest absolute Gasteiger partial charge is 0.318 e. The Bertz CT molecular complexity index is 502. The normalized spacial score (nSPS) is 18.8. The van der Waals surface area contributed by atoms with Crippen LogP contribution in [0.3, 0.4) is 0 Å². The van der Waals surface area contributed by atoms with Crippen LogP contribution in [0.4, 0.5) is 11.4 Å². The summed E-state index contributed by atoms with van der Waals surface area (Å²) < 4.78 is 0. The van der Waals surface area contributed by atoms with Crippen LogP contribution >= 0.6 is 0 Å². The molecule has 1 saturated heterocycles. The monoisotopic (exact) mass is 278 g/mol. The zero-order valence-corrected chi connectivity index (χ0v) is 12.1. The number of anilines is 1. The molecule has 1 heterocycles. The standard InChI is InChI=1S/C14H22N4O2/c1-14(2)6-3-7-17(10-14)9-11-4-5-13(18(19)20)12(8-11)16-15/h4-5,8,16H,3,6-7,9-10,15H2,1-2H3. The number of hydrogen-bond acceptors (Lipinski definition) is 5. The van der Waals surface area contributed by atoms with Gasteiger partial charge < -0.3 is 5.43 Å². The first-order valence-corrected chi connectivity index (χ1v) is 6.87. The molecule has 0 aromatic heterocycles. The van der Waals surface area contributed by atoms with Gasteiger partial charge in [0.1, 0.15) is 5.69 Å². The number of nitro groups is 1. The van der Waals surface area contributed by atoms with Crippen LogP contribution in [0, 0.1) is 15.5 Å². The Labute approximate surface area is 119 Å². The van der Waals surface area contributed by atoms with Gasteiger partial charge in [0, 0.05) is 19.2 Å². The van der Waals surface area contributed by atoms with Gasteiger partial charge in [0.05, 0.1) is 4.92 Å². The third-order valence-corrected chi connectivity index (χ3v) is 3.80. The topological polar surface area (TPSA) is 84.4 Å². The van der Waals surface area contributed by atoms with E-state index in [0.29, 0.717) is 11.1 Å². The molecule has 110 valence electrons. The van der Waals surface area contributed by atoms with Crippen LogP contribution in [0.5, 0.6) is 0 Å². The first-order valence-electron chi connectivity index (χ1n) is 6.87. The minimum absolute atomic E-state index is 0.00947. The van der Waals surface area contributed by atoms with Gasteiger partial charge in [-0.3, -0.25) is 20.9 Å². The number of hydrogen-bond donors (Lipinski definition) is 2. The second-order valence-corrected chi connectivity index (χ2v) is 6.23. The highest BCUT2D eigenvalue weighted by Crippen LogP contribution is 2.30. The highest BCUT2D eigenvalue weighted by Gasteiger charge is 2.26. The fourth-order valence-electron chi connectivity index (χ4n) is 2.89. The first kappa shape index (κ1) is 14.7. The van der Waals surface area contributed by atoms with E-state index in [1.807, 2.05) is 0 Å². The maximum atomic E-state index is 10.9. The quantitative estimate of drug-likeness (QED) is 0.502. The van der Waals surface area contributed by atoms with Crippen molar-refractivity contribution < 1.29 is 4.92 Å². The second-order valence-electron chi connectivity index (χ2n) is 6.23. The zero-order valence-electron chi connectivity index (χ0n) is 12.1. The predicted molar refractivity (Wildman–Crippen MR) is 79.2 cm³/mol. The molecule has 3 N–H and O–H groups in total. The molecule has 2 rings (SSSR count). The van der Waals surface area contributed by atoms with Gasteiger partial charge in [-0.15, -0.1) is 0 Å². The van der Waals surface area contributed by atoms with Crippen LogP contribution in [0.1, 0.15) is 32.3 Å². The molecule has 1 aromatic rings. The van der Waals surface area contributed by atoms with E-state index >= 15 is 0 Å². The summed E-state index contributed by atoms with van der Waals surface area (Å²) >= 11 is 0. The Balaban J connectivity index is 2.12. The van der Waals surface area contributed by atoms with E-state index in [4.69, 9.17) is 5.84 Å². The fraction of sp³-hybridized carbons (Fsp3) is 0.571. The number of likely N-dealkylation sites (tertiary alicyclic amines) is 1. The number of nitrogens with two attached hydrogens (primary N) is 1. The second kappa shape index (κ2) is 5.76. The molecule has 6 nitrogen and oxygen atoms in total. The lowest BCUT2D eigenvalue weighted by molar-refractivity contribution is -0.384. The molecule has 1 aliphatic rings. The summed E-state index contributed by atoms with van der Waals surface area (Å²) in [6.07, 6.45) is 2.45. The van der Waals surface area contributed by atoms with Crippen LogP contribution in [0.15, 0.2) is 18.2 Å². The third kappa shape index (κ3) is 3.46. The summed E-state index contributed by atoms with van der Waals surface area (Å²) in [6.45, 7) is 7.49. The molecular weight excluding hydrogens is 256 g/mol. The molecule has 0 radical (unpaired) electrons. The predicted octanol–water partition coefficient (Wildman–Crippen LogP) is 2.50. The summed E-state index contributed by atoms with van der Waals surface area (Å²) in [6, 6.07) is 5.08. The van der Waals surface area contributed by atoms with E-state index in [0.717, 1.165) is 25.2 Å². The maximum Gasteiger partial charge on any atom is 0.293 e. The van der Waals surface area contributed by atoms with Crippen molar-refractivity contribution in [3.63, 3.8) is 0 Å². The number of rotatable bonds is 4. The summed E-state index contributed by atoms with van der Waals surface area (Å²) in [5.41, 5.74) is 4.17. The molecule has 1 fully saturated rings. The van der Waals surface area contributed by atoms with Crippen molar-refractivity contribution in [2.75, 3.05) is 18.5 Å². The van der Waals surface area contributed by atoms with Crippen LogP contribution in [-0.2, 0) is 6.54 Å². The van der Waals surface area contributed by atoms with E-state index < -0.39 is 4.92 Å². The Hall–Kier alpha value is -1.66. The molecule has 0 unspecified atom stereocenters. The van der Waals surface area contributed by atoms with Crippen molar-refractivity contribution in [1.82, 2.24) is 4.90 Å². The summed E-state index contributed by atoms with van der Waals surface area (Å²) in [5.74, 6) is 5.37. The molecule has 0 saturated carbocycles. The van der Waals surface area contributed by atoms with E-state index in [-0.39, 0.29) is 5.69 Å². The van der Waals surface area contributed by atoms with Crippen LogP contribution in [0.25, 0.3) is 0 Å². The van der Waals surface area contributed by atoms with Crippen LogP contribution in [0.2, 0.25) is 0 Å². The van der Waals surface area contributed by atoms with Gasteiger partial charge in [0.15, 0.2) is 0 Å². The number of benzene rings is 1. The Morgan fingerprint density at radius 2 is 2.25 bits per heavy atom. The summed E-state index contributed by atoms with van der Waals surface area (Å²) in [5, 5.41) is 10.9. The van der Waals surface area contributed by atoms with Crippen molar-refractivity contribution >= 4 is 11.4 Å². The third-order valence-electron chi connectivity index (χ3n) is 3.80. The number of piperidine rings is 1. The summed E-state index contributed by atoms with van der Waals surface area (Å²) in [4.78, 5) is 12.8. The smallest absolute Gasteiger partial charge is 0.293 e. The molecule has 1 aromatic carbocycles. The highest BCUT2D eigenvalue weighted by atomic mass is 16.6. The van der Waals surface area contributed by atoms with E-state index in [9.17, 15) is 10.1 Å². The molecular formula is C14H22N4O2. The van der Waals surface area contributed by atoms with E-state index in [1.54, 1.807) is 12.1 Å². The van der Waals surface area contributed by atoms with Gasteiger partial charge in [-0.05, 0) is 36.4 Å². The van der Waals surface area contributed by atoms with Crippen molar-refractivity contribution in [1.29, 1.82) is 0 Å². The number of nitrogens with zero attached hydrogens (tertiary/aromatic N) is 2. The zero-order chi connectivity index (χ0) is 14.8. The van der Waals surface area contributed by atoms with Gasteiger partial charge in [0.25, 0.3) is 5.69 Å². The molecule has 0 amide bonds. The minimum Gasteiger partial charge on any atom is -0.318 e. The lowest BCUT2D eigenvalue weighted by Crippen LogP contribution is -2.39. The van der Waals surface area contributed by atoms with E-state index in [2.05, 4.69) is 24.2 Å².